The van der Waals surface area contributed by atoms with Crippen LogP contribution in [0.25, 0.3) is 0 Å². The highest BCUT2D eigenvalue weighted by molar-refractivity contribution is 9.10. The van der Waals surface area contributed by atoms with Crippen molar-refractivity contribution in [1.82, 2.24) is 4.31 Å². The molecule has 2 rings (SSSR count). The summed E-state index contributed by atoms with van der Waals surface area (Å²) in [7, 11) is -3.66. The number of nitrogens with zero attached hydrogens (tertiary/aromatic N) is 1. The van der Waals surface area contributed by atoms with E-state index in [1.54, 1.807) is 6.92 Å². The number of aliphatic hydroxyl groups excluding tert-OH is 1. The Morgan fingerprint density at radius 2 is 2.21 bits per heavy atom. The van der Waals surface area contributed by atoms with Gasteiger partial charge in [-0.2, -0.15) is 4.31 Å². The van der Waals surface area contributed by atoms with Gasteiger partial charge in [0.1, 0.15) is 17.3 Å². The molecule has 6 nitrogen and oxygen atoms in total. The number of furan rings is 1. The molecule has 2 atom stereocenters. The molecule has 0 aromatic carbocycles. The summed E-state index contributed by atoms with van der Waals surface area (Å²) in [4.78, 5) is 0.0394. The molecule has 1 aliphatic heterocycles. The molecule has 0 aliphatic carbocycles. The number of halogens is 1. The summed E-state index contributed by atoms with van der Waals surface area (Å²) < 4.78 is 37.3. The highest BCUT2D eigenvalue weighted by Crippen LogP contribution is 2.31. The van der Waals surface area contributed by atoms with Crippen LogP contribution in [0.4, 0.5) is 0 Å². The maximum absolute atomic E-state index is 12.6. The van der Waals surface area contributed by atoms with Gasteiger partial charge < -0.3 is 14.3 Å². The molecule has 2 unspecified atom stereocenters. The number of morpholine rings is 1. The van der Waals surface area contributed by atoms with Crippen LogP contribution in [0.2, 0.25) is 0 Å². The summed E-state index contributed by atoms with van der Waals surface area (Å²) >= 11 is 3.08. The van der Waals surface area contributed by atoms with Gasteiger partial charge in [0.2, 0.25) is 10.0 Å². The minimum atomic E-state index is -3.66. The lowest BCUT2D eigenvalue weighted by molar-refractivity contribution is -0.0170. The molecular weight excluding hydrogens is 338 g/mol. The highest BCUT2D eigenvalue weighted by Gasteiger charge is 2.36. The molecule has 1 fully saturated rings. The lowest BCUT2D eigenvalue weighted by atomic mass is 10.2. The van der Waals surface area contributed by atoms with Crippen molar-refractivity contribution < 1.29 is 22.7 Å². The fourth-order valence-electron chi connectivity index (χ4n) is 1.99. The van der Waals surface area contributed by atoms with Gasteiger partial charge in [-0.15, -0.1) is 0 Å². The number of ether oxygens (including phenoxy) is 1. The Morgan fingerprint density at radius 3 is 2.79 bits per heavy atom. The molecule has 8 heteroatoms. The van der Waals surface area contributed by atoms with Gasteiger partial charge in [-0.05, 0) is 29.8 Å². The summed E-state index contributed by atoms with van der Waals surface area (Å²) in [5, 5.41) is 9.00. The molecule has 19 heavy (non-hydrogen) atoms. The maximum atomic E-state index is 12.6. The van der Waals surface area contributed by atoms with Gasteiger partial charge in [0, 0.05) is 18.7 Å². The molecule has 108 valence electrons. The predicted octanol–water partition coefficient (Wildman–Crippen LogP) is 1.33. The molecule has 0 saturated carbocycles. The number of sulfonamides is 1. The SMILES string of the molecule is CC1CN(S(=O)(=O)c2cc(CO)oc2Br)C(C)CO1. The van der Waals surface area contributed by atoms with Crippen molar-refractivity contribution in [3.63, 3.8) is 0 Å². The van der Waals surface area contributed by atoms with E-state index >= 15 is 0 Å². The number of hydrogen-bond donors (Lipinski definition) is 1. The monoisotopic (exact) mass is 353 g/mol. The van der Waals surface area contributed by atoms with Crippen LogP contribution in [-0.2, 0) is 21.4 Å². The smallest absolute Gasteiger partial charge is 0.247 e. The van der Waals surface area contributed by atoms with Crippen molar-refractivity contribution >= 4 is 26.0 Å². The van der Waals surface area contributed by atoms with Crippen molar-refractivity contribution in [3.05, 3.63) is 16.5 Å². The van der Waals surface area contributed by atoms with Crippen molar-refractivity contribution in [3.8, 4) is 0 Å². The van der Waals surface area contributed by atoms with Crippen LogP contribution in [0.5, 0.6) is 0 Å². The highest BCUT2D eigenvalue weighted by atomic mass is 79.9. The third-order valence-electron chi connectivity index (χ3n) is 3.00. The molecular formula is C11H16BrNO5S. The first kappa shape index (κ1) is 15.0. The van der Waals surface area contributed by atoms with E-state index in [0.29, 0.717) is 13.2 Å². The first-order valence-corrected chi connectivity index (χ1v) is 8.12. The summed E-state index contributed by atoms with van der Waals surface area (Å²) in [6.07, 6.45) is -0.144. The Morgan fingerprint density at radius 1 is 1.53 bits per heavy atom. The summed E-state index contributed by atoms with van der Waals surface area (Å²) in [5.74, 6) is 0.208. The van der Waals surface area contributed by atoms with Gasteiger partial charge in [0.15, 0.2) is 4.67 Å². The maximum Gasteiger partial charge on any atom is 0.247 e. The standard InChI is InChI=1S/C11H16BrNO5S/c1-7-6-17-8(2)4-13(7)19(15,16)10-3-9(5-14)18-11(10)12/h3,7-8,14H,4-6H2,1-2H3. The zero-order valence-corrected chi connectivity index (χ0v) is 13.1. The largest absolute Gasteiger partial charge is 0.450 e. The van der Waals surface area contributed by atoms with Crippen LogP contribution in [-0.4, -0.2) is 43.1 Å². The first-order valence-electron chi connectivity index (χ1n) is 5.88. The molecule has 1 aliphatic rings. The normalized spacial score (nSPS) is 25.7. The molecule has 1 saturated heterocycles. The van der Waals surface area contributed by atoms with Crippen LogP contribution in [0, 0.1) is 0 Å². The van der Waals surface area contributed by atoms with E-state index in [0.717, 1.165) is 0 Å². The molecule has 0 radical (unpaired) electrons. The van der Waals surface area contributed by atoms with E-state index in [2.05, 4.69) is 15.9 Å². The summed E-state index contributed by atoms with van der Waals surface area (Å²) in [6.45, 7) is 3.95. The first-order chi connectivity index (χ1) is 8.86. The van der Waals surface area contributed by atoms with Crippen LogP contribution < -0.4 is 0 Å². The third kappa shape index (κ3) is 2.87. The average Bonchev–Trinajstić information content (AvgIpc) is 2.74. The second-order valence-corrected chi connectivity index (χ2v) is 7.16. The van der Waals surface area contributed by atoms with Gasteiger partial charge in [-0.25, -0.2) is 8.42 Å². The summed E-state index contributed by atoms with van der Waals surface area (Å²) in [5.41, 5.74) is 0. The fraction of sp³-hybridized carbons (Fsp3) is 0.636. The molecule has 0 spiro atoms. The zero-order valence-electron chi connectivity index (χ0n) is 10.7. The number of aliphatic hydroxyl groups is 1. The molecule has 0 bridgehead atoms. The Kier molecular flexibility index (Phi) is 4.36. The van der Waals surface area contributed by atoms with E-state index in [-0.39, 0.29) is 34.1 Å². The fourth-order valence-corrected chi connectivity index (χ4v) is 4.64. The van der Waals surface area contributed by atoms with Crippen LogP contribution in [0.3, 0.4) is 0 Å². The Balaban J connectivity index is 2.37. The lowest BCUT2D eigenvalue weighted by Crippen LogP contribution is -2.50. The molecule has 1 N–H and O–H groups in total. The van der Waals surface area contributed by atoms with Crippen LogP contribution >= 0.6 is 15.9 Å². The second-order valence-electron chi connectivity index (χ2n) is 4.58. The van der Waals surface area contributed by atoms with E-state index in [9.17, 15) is 8.42 Å². The van der Waals surface area contributed by atoms with E-state index in [4.69, 9.17) is 14.3 Å². The van der Waals surface area contributed by atoms with E-state index in [1.165, 1.54) is 10.4 Å². The van der Waals surface area contributed by atoms with Crippen molar-refractivity contribution in [2.24, 2.45) is 0 Å². The third-order valence-corrected chi connectivity index (χ3v) is 5.84. The van der Waals surface area contributed by atoms with Gasteiger partial charge >= 0.3 is 0 Å². The van der Waals surface area contributed by atoms with E-state index in [1.807, 2.05) is 6.92 Å². The Hall–Kier alpha value is -0.410. The zero-order chi connectivity index (χ0) is 14.2. The van der Waals surface area contributed by atoms with Gasteiger partial charge in [-0.1, -0.05) is 0 Å². The summed E-state index contributed by atoms with van der Waals surface area (Å²) in [6, 6.07) is 1.10. The Bertz CT molecular complexity index is 555. The minimum Gasteiger partial charge on any atom is -0.450 e. The van der Waals surface area contributed by atoms with Gasteiger partial charge in [-0.3, -0.25) is 0 Å². The van der Waals surface area contributed by atoms with Crippen molar-refractivity contribution in [1.29, 1.82) is 0 Å². The van der Waals surface area contributed by atoms with Gasteiger partial charge in [0.05, 0.1) is 12.7 Å². The topological polar surface area (TPSA) is 80.0 Å². The second kappa shape index (κ2) is 5.53. The van der Waals surface area contributed by atoms with Crippen LogP contribution in [0.15, 0.2) is 20.0 Å². The van der Waals surface area contributed by atoms with Crippen molar-refractivity contribution in [2.75, 3.05) is 13.2 Å². The average molecular weight is 354 g/mol. The van der Waals surface area contributed by atoms with E-state index < -0.39 is 10.0 Å². The van der Waals surface area contributed by atoms with Gasteiger partial charge in [0.25, 0.3) is 0 Å². The lowest BCUT2D eigenvalue weighted by Gasteiger charge is -2.35. The minimum absolute atomic E-state index is 0.0394. The molecule has 1 aromatic heterocycles. The molecule has 0 amide bonds. The van der Waals surface area contributed by atoms with Crippen molar-refractivity contribution in [2.45, 2.75) is 37.5 Å². The quantitative estimate of drug-likeness (QED) is 0.886. The Labute approximate surface area is 120 Å². The number of rotatable bonds is 3. The predicted molar refractivity (Wildman–Crippen MR) is 71.1 cm³/mol. The van der Waals surface area contributed by atoms with Crippen LogP contribution in [0.1, 0.15) is 19.6 Å². The molecule has 1 aromatic rings. The molecule has 2 heterocycles. The number of hydrogen-bond acceptors (Lipinski definition) is 5.